The molecular weight excluding hydrogens is 942 g/mol. The molecule has 0 aliphatic carbocycles. The Morgan fingerprint density at radius 2 is 0.987 bits per heavy atom. The molecule has 13 rings (SSSR count). The molecule has 0 fully saturated rings. The molecule has 0 bridgehead atoms. The topological polar surface area (TPSA) is 24.6 Å². The maximum absolute atomic E-state index is 7.27. The van der Waals surface area contributed by atoms with Gasteiger partial charge in [0, 0.05) is 60.1 Å². The quantitative estimate of drug-likeness (QED) is 0.164. The highest BCUT2D eigenvalue weighted by atomic mass is 32.1. The average Bonchev–Trinajstić information content (AvgIpc) is 4.04. The van der Waals surface area contributed by atoms with Gasteiger partial charge in [-0.2, -0.15) is 0 Å². The number of nitrogens with zero attached hydrogens (tertiary/aromatic N) is 3. The van der Waals surface area contributed by atoms with Crippen LogP contribution in [0.4, 0.5) is 34.1 Å². The van der Waals surface area contributed by atoms with Gasteiger partial charge in [-0.15, -0.1) is 11.3 Å². The third kappa shape index (κ3) is 7.44. The van der Waals surface area contributed by atoms with E-state index < -0.39 is 0 Å². The van der Waals surface area contributed by atoms with Crippen LogP contribution in [0.25, 0.3) is 58.8 Å². The van der Waals surface area contributed by atoms with Gasteiger partial charge in [0.25, 0.3) is 6.71 Å². The molecule has 0 atom stereocenters. The summed E-state index contributed by atoms with van der Waals surface area (Å²) in [4.78, 5) is 6.37. The number of furan rings is 1. The molecular formula is C70H70BN3OS. The van der Waals surface area contributed by atoms with Crippen molar-refractivity contribution in [3.8, 4) is 5.69 Å². The van der Waals surface area contributed by atoms with Crippen LogP contribution in [0.15, 0.2) is 156 Å². The smallest absolute Gasteiger partial charge is 0.252 e. The fraction of sp³-hybridized carbons (Fsp3) is 0.286. The number of aromatic nitrogens is 1. The molecule has 380 valence electrons. The van der Waals surface area contributed by atoms with Crippen molar-refractivity contribution in [3.05, 3.63) is 179 Å². The molecule has 0 radical (unpaired) electrons. The summed E-state index contributed by atoms with van der Waals surface area (Å²) in [6.45, 7) is 34.7. The van der Waals surface area contributed by atoms with Gasteiger partial charge in [-0.25, -0.2) is 0 Å². The standard InChI is InChI=1S/C70H70BN3OS/c1-66(2,3)41-23-29-46(30-24-41)72(47-31-25-42(26-32-47)67(4,5)6)48-39-57-62-58(40-48)74-63-52(61-51-19-16-17-22-60(51)76-65(61)74)35-45(70(13,14)15)36-54(63)71(62)53-34-28-43(68(7,8)9)37-56(53)73(57)55-21-18-20-50-49-33-27-44(69(10,11)12)38-59(49)75-64(50)55/h16-40H,1-15H3. The fourth-order valence-electron chi connectivity index (χ4n) is 12.3. The summed E-state index contributed by atoms with van der Waals surface area (Å²) in [7, 11) is 0. The molecule has 4 nitrogen and oxygen atoms in total. The van der Waals surface area contributed by atoms with Crippen molar-refractivity contribution >= 4 is 122 Å². The van der Waals surface area contributed by atoms with Crippen LogP contribution in [0.2, 0.25) is 0 Å². The number of fused-ring (bicyclic) bond motifs is 12. The lowest BCUT2D eigenvalue weighted by Gasteiger charge is -2.42. The predicted molar refractivity (Wildman–Crippen MR) is 331 cm³/mol. The van der Waals surface area contributed by atoms with E-state index in [1.807, 2.05) is 11.3 Å². The Morgan fingerprint density at radius 3 is 1.62 bits per heavy atom. The van der Waals surface area contributed by atoms with Gasteiger partial charge in [0.05, 0.1) is 16.9 Å². The first-order valence-electron chi connectivity index (χ1n) is 27.4. The normalized spacial score (nSPS) is 13.9. The predicted octanol–water partition coefficient (Wildman–Crippen LogP) is 18.5. The molecule has 3 aromatic heterocycles. The minimum absolute atomic E-state index is 0.00414. The first kappa shape index (κ1) is 48.6. The number of para-hydroxylation sites is 1. The molecule has 0 saturated heterocycles. The number of benzene rings is 8. The van der Waals surface area contributed by atoms with Crippen molar-refractivity contribution in [2.75, 3.05) is 9.80 Å². The molecule has 0 spiro atoms. The van der Waals surface area contributed by atoms with Crippen molar-refractivity contribution in [2.24, 2.45) is 0 Å². The second-order valence-corrected chi connectivity index (χ2v) is 28.2. The van der Waals surface area contributed by atoms with Gasteiger partial charge >= 0.3 is 0 Å². The van der Waals surface area contributed by atoms with E-state index in [4.69, 9.17) is 4.42 Å². The third-order valence-electron chi connectivity index (χ3n) is 16.8. The summed E-state index contributed by atoms with van der Waals surface area (Å²) in [6, 6.07) is 58.8. The SMILES string of the molecule is CC(C)(C)c1ccc(N(c2ccc(C(C)(C)C)cc2)c2cc3c4c(c2)-n2c5sc6ccccc6c5c5cc(C(C)(C)C)cc(c52)B4c2ccc(C(C)(C)C)cc2N3c2cccc3c2oc2cc(C(C)(C)C)ccc23)cc1. The Kier molecular flexibility index (Phi) is 10.4. The lowest BCUT2D eigenvalue weighted by atomic mass is 9.33. The Labute approximate surface area is 454 Å². The largest absolute Gasteiger partial charge is 0.454 e. The van der Waals surface area contributed by atoms with Crippen LogP contribution in [0.1, 0.15) is 132 Å². The Bertz CT molecular complexity index is 4130. The zero-order valence-corrected chi connectivity index (χ0v) is 48.0. The Morgan fingerprint density at radius 1 is 0.421 bits per heavy atom. The maximum Gasteiger partial charge on any atom is 0.252 e. The molecule has 0 saturated carbocycles. The van der Waals surface area contributed by atoms with Gasteiger partial charge in [-0.3, -0.25) is 0 Å². The van der Waals surface area contributed by atoms with Crippen molar-refractivity contribution in [1.29, 1.82) is 0 Å². The van der Waals surface area contributed by atoms with Crippen LogP contribution in [-0.4, -0.2) is 11.3 Å². The first-order chi connectivity index (χ1) is 35.8. The highest BCUT2D eigenvalue weighted by molar-refractivity contribution is 7.26. The molecule has 76 heavy (non-hydrogen) atoms. The average molecular weight is 1010 g/mol. The first-order valence-corrected chi connectivity index (χ1v) is 28.3. The molecule has 6 heteroatoms. The van der Waals surface area contributed by atoms with E-state index in [0.717, 1.165) is 50.4 Å². The molecule has 2 aliphatic heterocycles. The molecule has 0 amide bonds. The zero-order valence-electron chi connectivity index (χ0n) is 47.2. The summed E-state index contributed by atoms with van der Waals surface area (Å²) in [5.41, 5.74) is 21.3. The van der Waals surface area contributed by atoms with E-state index in [-0.39, 0.29) is 33.8 Å². The van der Waals surface area contributed by atoms with Crippen LogP contribution in [-0.2, 0) is 27.1 Å². The lowest BCUT2D eigenvalue weighted by molar-refractivity contribution is 0.587. The van der Waals surface area contributed by atoms with Gasteiger partial charge in [0.1, 0.15) is 10.4 Å². The van der Waals surface area contributed by atoms with Crippen LogP contribution >= 0.6 is 11.3 Å². The highest BCUT2D eigenvalue weighted by Crippen LogP contribution is 2.51. The van der Waals surface area contributed by atoms with Crippen LogP contribution in [0, 0.1) is 0 Å². The van der Waals surface area contributed by atoms with Gasteiger partial charge in [-0.05, 0) is 138 Å². The van der Waals surface area contributed by atoms with Crippen molar-refractivity contribution in [3.63, 3.8) is 0 Å². The van der Waals surface area contributed by atoms with Crippen molar-refractivity contribution in [2.45, 2.75) is 131 Å². The minimum Gasteiger partial charge on any atom is -0.454 e. The van der Waals surface area contributed by atoms with E-state index in [0.29, 0.717) is 0 Å². The summed E-state index contributed by atoms with van der Waals surface area (Å²) < 4.78 is 11.2. The molecule has 0 N–H and O–H groups in total. The van der Waals surface area contributed by atoms with Crippen molar-refractivity contribution < 1.29 is 4.42 Å². The Balaban J connectivity index is 1.20. The van der Waals surface area contributed by atoms with Gasteiger partial charge in [-0.1, -0.05) is 189 Å². The number of hydrogen-bond acceptors (Lipinski definition) is 4. The lowest BCUT2D eigenvalue weighted by Crippen LogP contribution is -2.60. The van der Waals surface area contributed by atoms with E-state index >= 15 is 0 Å². The van der Waals surface area contributed by atoms with Crippen LogP contribution in [0.3, 0.4) is 0 Å². The maximum atomic E-state index is 7.27. The molecule has 8 aromatic carbocycles. The molecule has 11 aromatic rings. The van der Waals surface area contributed by atoms with E-state index in [2.05, 4.69) is 270 Å². The van der Waals surface area contributed by atoms with Gasteiger partial charge in [0.15, 0.2) is 5.58 Å². The second kappa shape index (κ2) is 16.3. The number of hydrogen-bond donors (Lipinski definition) is 0. The number of rotatable bonds is 4. The molecule has 5 heterocycles. The highest BCUT2D eigenvalue weighted by Gasteiger charge is 2.45. The monoisotopic (exact) mass is 1010 g/mol. The van der Waals surface area contributed by atoms with Crippen LogP contribution < -0.4 is 26.2 Å². The zero-order chi connectivity index (χ0) is 53.3. The summed E-state index contributed by atoms with van der Waals surface area (Å²) in [6.07, 6.45) is 0. The van der Waals surface area contributed by atoms with Gasteiger partial charge < -0.3 is 18.8 Å². The molecule has 0 unspecified atom stereocenters. The third-order valence-corrected chi connectivity index (χ3v) is 17.9. The van der Waals surface area contributed by atoms with E-state index in [9.17, 15) is 0 Å². The number of thiophene rings is 1. The Hall–Kier alpha value is -7.02. The van der Waals surface area contributed by atoms with Crippen LogP contribution in [0.5, 0.6) is 0 Å². The number of anilines is 6. The fourth-order valence-corrected chi connectivity index (χ4v) is 13.6. The molecule has 2 aliphatic rings. The summed E-state index contributed by atoms with van der Waals surface area (Å²) >= 11 is 1.92. The van der Waals surface area contributed by atoms with Gasteiger partial charge in [0.2, 0.25) is 0 Å². The second-order valence-electron chi connectivity index (χ2n) is 27.2. The van der Waals surface area contributed by atoms with E-state index in [1.54, 1.807) is 0 Å². The summed E-state index contributed by atoms with van der Waals surface area (Å²) in [5.74, 6) is 0. The summed E-state index contributed by atoms with van der Waals surface area (Å²) in [5, 5.41) is 6.24. The van der Waals surface area contributed by atoms with Crippen molar-refractivity contribution in [1.82, 2.24) is 4.57 Å². The minimum atomic E-state index is -0.107. The van der Waals surface area contributed by atoms with E-state index in [1.165, 1.54) is 86.8 Å².